The minimum atomic E-state index is -4.45. The third kappa shape index (κ3) is 11.5. The average Bonchev–Trinajstić information content (AvgIpc) is 2.45. The zero-order valence-corrected chi connectivity index (χ0v) is 13.6. The second-order valence-electron chi connectivity index (χ2n) is 4.75. The molecule has 0 heterocycles. The van der Waals surface area contributed by atoms with Gasteiger partial charge in [0.05, 0.1) is 13.1 Å². The Labute approximate surface area is 137 Å². The van der Waals surface area contributed by atoms with Crippen LogP contribution in [-0.4, -0.2) is 70.4 Å². The molecule has 13 heteroatoms. The molecule has 12 nitrogen and oxygen atoms in total. The van der Waals surface area contributed by atoms with Gasteiger partial charge < -0.3 is 36.6 Å². The number of carbonyl (C=O) groups is 4. The Kier molecular flexibility index (Phi) is 9.81. The molecule has 1 atom stereocenters. The maximum Gasteiger partial charge on any atom is 0.334 e. The fourth-order valence-electron chi connectivity index (χ4n) is 1.53. The van der Waals surface area contributed by atoms with Crippen molar-refractivity contribution in [2.45, 2.75) is 18.9 Å². The summed E-state index contributed by atoms with van der Waals surface area (Å²) in [6, 6.07) is -1.23. The van der Waals surface area contributed by atoms with Crippen LogP contribution in [0.1, 0.15) is 12.8 Å². The van der Waals surface area contributed by atoms with E-state index in [0.717, 1.165) is 0 Å². The first-order chi connectivity index (χ1) is 11.0. The van der Waals surface area contributed by atoms with E-state index >= 15 is 0 Å². The van der Waals surface area contributed by atoms with Crippen molar-refractivity contribution >= 4 is 31.3 Å². The number of hydrogen-bond acceptors (Lipinski definition) is 6. The Bertz CT molecular complexity index is 520. The molecule has 0 fully saturated rings. The average molecular weight is 368 g/mol. The van der Waals surface area contributed by atoms with Crippen molar-refractivity contribution in [1.29, 1.82) is 0 Å². The van der Waals surface area contributed by atoms with Gasteiger partial charge in [0.2, 0.25) is 17.7 Å². The Morgan fingerprint density at radius 1 is 1.04 bits per heavy atom. The summed E-state index contributed by atoms with van der Waals surface area (Å²) in [5.41, 5.74) is 5.03. The second kappa shape index (κ2) is 10.7. The number of aliphatic carboxylic acids is 1. The van der Waals surface area contributed by atoms with E-state index in [1.54, 1.807) is 0 Å². The summed E-state index contributed by atoms with van der Waals surface area (Å²) in [5, 5.41) is 15.6. The third-order valence-electron chi connectivity index (χ3n) is 2.61. The summed E-state index contributed by atoms with van der Waals surface area (Å²) in [7, 11) is -4.45. The van der Waals surface area contributed by atoms with Crippen LogP contribution in [0.15, 0.2) is 0 Å². The quantitative estimate of drug-likeness (QED) is 0.144. The molecule has 0 aromatic rings. The number of rotatable bonds is 11. The van der Waals surface area contributed by atoms with Crippen LogP contribution in [0, 0.1) is 0 Å². The zero-order valence-electron chi connectivity index (χ0n) is 12.7. The number of carbonyl (C=O) groups excluding carboxylic acids is 3. The Balaban J connectivity index is 4.15. The molecule has 0 aromatic carbocycles. The van der Waals surface area contributed by atoms with Gasteiger partial charge in [0, 0.05) is 6.54 Å². The molecule has 0 aliphatic rings. The fraction of sp³-hybridized carbons (Fsp3) is 0.636. The SMILES string of the molecule is NCC(=O)NCC(=O)NC(CCCNC(=O)CP(=O)(O)O)C(=O)O. The van der Waals surface area contributed by atoms with Crippen molar-refractivity contribution in [3.8, 4) is 0 Å². The van der Waals surface area contributed by atoms with Crippen molar-refractivity contribution < 1.29 is 38.6 Å². The van der Waals surface area contributed by atoms with Crippen LogP contribution in [0.3, 0.4) is 0 Å². The minimum absolute atomic E-state index is 0.0115. The van der Waals surface area contributed by atoms with Gasteiger partial charge in [-0.2, -0.15) is 0 Å². The molecule has 8 N–H and O–H groups in total. The monoisotopic (exact) mass is 368 g/mol. The predicted octanol–water partition coefficient (Wildman–Crippen LogP) is -3.30. The van der Waals surface area contributed by atoms with E-state index in [1.807, 2.05) is 0 Å². The zero-order chi connectivity index (χ0) is 18.8. The van der Waals surface area contributed by atoms with Crippen LogP contribution in [-0.2, 0) is 23.7 Å². The Hall–Kier alpha value is -2.01. The van der Waals surface area contributed by atoms with Gasteiger partial charge in [-0.25, -0.2) is 4.79 Å². The lowest BCUT2D eigenvalue weighted by Gasteiger charge is -2.15. The second-order valence-corrected chi connectivity index (χ2v) is 6.40. The van der Waals surface area contributed by atoms with E-state index in [-0.39, 0.29) is 25.9 Å². The summed E-state index contributed by atoms with van der Waals surface area (Å²) in [6.07, 6.45) is -0.825. The smallest absolute Gasteiger partial charge is 0.334 e. The molecule has 0 spiro atoms. The summed E-state index contributed by atoms with van der Waals surface area (Å²) >= 11 is 0. The molecule has 0 rings (SSSR count). The van der Waals surface area contributed by atoms with Crippen molar-refractivity contribution in [3.05, 3.63) is 0 Å². The summed E-state index contributed by atoms with van der Waals surface area (Å²) in [5.74, 6) is -3.43. The maximum atomic E-state index is 11.5. The number of carboxylic acids is 1. The van der Waals surface area contributed by atoms with E-state index in [1.165, 1.54) is 0 Å². The van der Waals surface area contributed by atoms with Crippen LogP contribution < -0.4 is 21.7 Å². The first kappa shape index (κ1) is 22.0. The van der Waals surface area contributed by atoms with Gasteiger partial charge in [-0.1, -0.05) is 0 Å². The van der Waals surface area contributed by atoms with Crippen molar-refractivity contribution in [2.24, 2.45) is 5.73 Å². The lowest BCUT2D eigenvalue weighted by molar-refractivity contribution is -0.141. The summed E-state index contributed by atoms with van der Waals surface area (Å²) in [4.78, 5) is 61.8. The van der Waals surface area contributed by atoms with Crippen LogP contribution in [0.4, 0.5) is 0 Å². The van der Waals surface area contributed by atoms with Crippen LogP contribution in [0.2, 0.25) is 0 Å². The topological polar surface area (TPSA) is 208 Å². The molecule has 0 saturated carbocycles. The highest BCUT2D eigenvalue weighted by molar-refractivity contribution is 7.52. The van der Waals surface area contributed by atoms with Gasteiger partial charge in [0.15, 0.2) is 0 Å². The van der Waals surface area contributed by atoms with E-state index in [4.69, 9.17) is 20.6 Å². The molecule has 138 valence electrons. The molecule has 3 amide bonds. The number of hydrogen-bond donors (Lipinski definition) is 7. The summed E-state index contributed by atoms with van der Waals surface area (Å²) in [6.45, 7) is -0.731. The third-order valence-corrected chi connectivity index (χ3v) is 3.31. The fourth-order valence-corrected chi connectivity index (χ4v) is 2.02. The number of carboxylic acid groups (broad SMARTS) is 1. The molecule has 0 saturated heterocycles. The van der Waals surface area contributed by atoms with Gasteiger partial charge in [0.1, 0.15) is 12.2 Å². The van der Waals surface area contributed by atoms with Gasteiger partial charge in [-0.15, -0.1) is 0 Å². The highest BCUT2D eigenvalue weighted by Gasteiger charge is 2.21. The molecule has 0 aliphatic carbocycles. The van der Waals surface area contributed by atoms with Crippen molar-refractivity contribution in [2.75, 3.05) is 25.8 Å². The van der Waals surface area contributed by atoms with E-state index in [2.05, 4.69) is 16.0 Å². The van der Waals surface area contributed by atoms with E-state index < -0.39 is 50.0 Å². The maximum absolute atomic E-state index is 11.5. The lowest BCUT2D eigenvalue weighted by Crippen LogP contribution is -2.46. The standard InChI is InChI=1S/C11H21N4O8P/c12-4-8(16)14-5-9(17)15-7(11(19)20)2-1-3-13-10(18)6-24(21,22)23/h7H,1-6,12H2,(H,13,18)(H,14,16)(H,15,17)(H,19,20)(H2,21,22,23). The highest BCUT2D eigenvalue weighted by Crippen LogP contribution is 2.33. The van der Waals surface area contributed by atoms with Crippen molar-refractivity contribution in [1.82, 2.24) is 16.0 Å². The number of amides is 3. The largest absolute Gasteiger partial charge is 0.480 e. The molecular formula is C11H21N4O8P. The van der Waals surface area contributed by atoms with E-state index in [0.29, 0.717) is 0 Å². The highest BCUT2D eigenvalue weighted by atomic mass is 31.2. The molecule has 0 aromatic heterocycles. The first-order valence-electron chi connectivity index (χ1n) is 6.85. The Morgan fingerprint density at radius 2 is 1.67 bits per heavy atom. The van der Waals surface area contributed by atoms with E-state index in [9.17, 15) is 23.7 Å². The van der Waals surface area contributed by atoms with Gasteiger partial charge >= 0.3 is 13.6 Å². The minimum Gasteiger partial charge on any atom is -0.480 e. The van der Waals surface area contributed by atoms with Gasteiger partial charge in [0.25, 0.3) is 0 Å². The first-order valence-corrected chi connectivity index (χ1v) is 8.65. The van der Waals surface area contributed by atoms with Crippen LogP contribution >= 0.6 is 7.60 Å². The van der Waals surface area contributed by atoms with Crippen LogP contribution in [0.25, 0.3) is 0 Å². The number of nitrogens with one attached hydrogen (secondary N) is 3. The molecular weight excluding hydrogens is 347 g/mol. The predicted molar refractivity (Wildman–Crippen MR) is 80.8 cm³/mol. The molecule has 0 aliphatic heterocycles. The van der Waals surface area contributed by atoms with Gasteiger partial charge in [-0.05, 0) is 12.8 Å². The Morgan fingerprint density at radius 3 is 2.17 bits per heavy atom. The van der Waals surface area contributed by atoms with Crippen molar-refractivity contribution in [3.63, 3.8) is 0 Å². The molecule has 0 radical (unpaired) electrons. The number of nitrogens with two attached hydrogens (primary N) is 1. The van der Waals surface area contributed by atoms with Gasteiger partial charge in [-0.3, -0.25) is 18.9 Å². The summed E-state index contributed by atoms with van der Waals surface area (Å²) < 4.78 is 10.6. The molecule has 1 unspecified atom stereocenters. The lowest BCUT2D eigenvalue weighted by atomic mass is 10.1. The molecule has 24 heavy (non-hydrogen) atoms. The van der Waals surface area contributed by atoms with Crippen LogP contribution in [0.5, 0.6) is 0 Å². The molecule has 0 bridgehead atoms. The normalized spacial score (nSPS) is 12.1.